The lowest BCUT2D eigenvalue weighted by atomic mass is 10.1. The van der Waals surface area contributed by atoms with E-state index in [0.717, 1.165) is 95.2 Å². The molecule has 0 saturated carbocycles. The molecule has 14 nitrogen and oxygen atoms in total. The first-order valence-corrected chi connectivity index (χ1v) is 85.6. The molecule has 0 radical (unpaired) electrons. The summed E-state index contributed by atoms with van der Waals surface area (Å²) in [5.41, 5.74) is 4.34. The maximum atomic E-state index is 12.0. The van der Waals surface area contributed by atoms with Crippen LogP contribution in [0.1, 0.15) is 128 Å². The highest BCUT2D eigenvalue weighted by atomic mass is 127. The number of terminal acetylenes is 1. The Kier molecular flexibility index (Phi) is 69.0. The maximum Gasteiger partial charge on any atom is 0.410 e. The minimum absolute atomic E-state index is 0. The molecular weight excluding hydrogens is 2680 g/mol. The summed E-state index contributed by atoms with van der Waals surface area (Å²) in [5, 5.41) is 7.00. The van der Waals surface area contributed by atoms with E-state index in [1.807, 2.05) is 227 Å². The van der Waals surface area contributed by atoms with Gasteiger partial charge in [-0.1, -0.05) is 35.6 Å². The van der Waals surface area contributed by atoms with Gasteiger partial charge in [0.25, 0.3) is 6.47 Å². The number of halogens is 4. The Morgan fingerprint density at radius 2 is 0.659 bits per heavy atom. The molecular formula is C70H104I4N8O6S35. The molecule has 1 amide bonds. The molecule has 8 atom stereocenters. The average molecular weight is 2780 g/mol. The van der Waals surface area contributed by atoms with E-state index in [0.29, 0.717) is 42.7 Å². The summed E-state index contributed by atoms with van der Waals surface area (Å²) < 4.78 is 25.9. The topological polar surface area (TPSA) is 115 Å². The number of rotatable bonds is 6. The zero-order valence-electron chi connectivity index (χ0n) is 64.2. The van der Waals surface area contributed by atoms with Crippen LogP contribution in [0.3, 0.4) is 0 Å². The molecule has 10 saturated heterocycles. The molecule has 123 heavy (non-hydrogen) atoms. The number of ether oxygens (including phenoxy) is 4. The first-order valence-electron chi connectivity index (χ1n) is 36.0. The molecule has 0 spiro atoms. The predicted molar refractivity (Wildman–Crippen MR) is 657 cm³/mol. The van der Waals surface area contributed by atoms with Gasteiger partial charge in [0.15, 0.2) is 0 Å². The van der Waals surface area contributed by atoms with Gasteiger partial charge in [0.05, 0.1) is 38.5 Å². The SMILES string of the molecule is C.C.C.C.C#Cc1ccc(N2CC3CCC(C2)N3C2COC2)cc1.CC(C)(C)OC(=O)N1C2CCC1CNC2.CC(C)(C)OC=O.Ic1ccc(I)cc1.Ic1ccc(N2CC3CCC(C2)N3)cc1.Ic1ccc(N2CC3CCC(C2)N3C2COC2)cc1.S=S=S=S=S=S=S=S=S=S=S=S=S=S=S=S=S=S=S=S=S=S=S=S=S=S=S=S=S=S=S=S=S=S=S. The molecule has 10 aliphatic rings. The summed E-state index contributed by atoms with van der Waals surface area (Å²) in [5.74, 6) is 2.68. The van der Waals surface area contributed by atoms with Crippen molar-refractivity contribution in [3.05, 3.63) is 117 Å². The predicted octanol–water partition coefficient (Wildman–Crippen LogP) is 14.0. The van der Waals surface area contributed by atoms with Crippen LogP contribution in [-0.2, 0) is 339 Å². The fourth-order valence-electron chi connectivity index (χ4n) is 13.7. The fraction of sp³-hybridized carbons (Fsp3) is 0.600. The van der Waals surface area contributed by atoms with Crippen LogP contribution in [-0.4, -0.2) is 178 Å². The van der Waals surface area contributed by atoms with E-state index >= 15 is 0 Å². The van der Waals surface area contributed by atoms with Gasteiger partial charge < -0.3 is 44.3 Å². The van der Waals surface area contributed by atoms with Crippen molar-refractivity contribution < 1.29 is 28.5 Å². The molecule has 10 heterocycles. The van der Waals surface area contributed by atoms with Crippen molar-refractivity contribution in [3.63, 3.8) is 0 Å². The molecule has 8 unspecified atom stereocenters. The highest BCUT2D eigenvalue weighted by molar-refractivity contribution is 14.1. The van der Waals surface area contributed by atoms with Crippen LogP contribution in [0.25, 0.3) is 0 Å². The van der Waals surface area contributed by atoms with Gasteiger partial charge in [0, 0.05) is 453 Å². The first kappa shape index (κ1) is 120. The normalized spacial score (nSPS) is 20.5. The Morgan fingerprint density at radius 3 is 0.894 bits per heavy atom. The number of carbonyl (C=O) groups is 2. The molecule has 4 aromatic rings. The zero-order valence-corrected chi connectivity index (χ0v) is 101. The molecule has 4 aromatic carbocycles. The van der Waals surface area contributed by atoms with Gasteiger partial charge in [0.2, 0.25) is 0 Å². The Hall–Kier alpha value is 4.96. The van der Waals surface area contributed by atoms with Crippen LogP contribution in [0.5, 0.6) is 0 Å². The number of fused-ring (bicyclic) bond motifs is 8. The number of nitrogens with zero attached hydrogens (tertiary/aromatic N) is 6. The fourth-order valence-corrected chi connectivity index (χ4v) is 100. The Labute approximate surface area is 890 Å². The third kappa shape index (κ3) is 48.6. The number of benzene rings is 4. The second-order valence-electron chi connectivity index (χ2n) is 28.0. The van der Waals surface area contributed by atoms with Crippen LogP contribution >= 0.6 is 90.4 Å². The van der Waals surface area contributed by atoms with Crippen molar-refractivity contribution >= 4 is 435 Å². The number of hydrogen-bond donors (Lipinski definition) is 2. The number of amides is 1. The van der Waals surface area contributed by atoms with Gasteiger partial charge in [-0.15, -0.1) is 6.42 Å². The molecule has 53 heteroatoms. The van der Waals surface area contributed by atoms with Crippen LogP contribution in [0.2, 0.25) is 0 Å². The standard InChI is InChI=1S/C17H20N2O.C15H19IN2O.C12H15IN2.C11H20N2O2.C6H4I2.C5H10O2.4CH4.S35/c1-2-13-3-5-14(6-4-13)18-9-15-7-8-16(10-18)19(15)17-11-20-12-17;16-11-1-3-12(4-2-11)17-7-13-5-6-14(8-17)18(13)15-9-19-10-15;13-9-1-5-12(6-2-9)15-7-10-3-4-11(8-15)14-10;1-11(2,3)15-10(14)13-8-4-5-9(13)7-12-6-8;7-5-1-2-6(8)4-3-5;1-5(2,3)7-4-6;;;;;1-3-5-7-9-11-13-15-17-19-21-23-25-27-29-31-33-35-34-32-30-28-26-24-22-20-18-16-14-12-10-8-6-4-2/h1,3-6,15-17H,7-12H2;1-4,13-15H,5-10H2;1-2,5-6,10-11,14H,3-4,7-8H2;8-9,12H,4-7H2,1-3H3;1-4H;4H,1-3H3;4*1H4;. The number of piperazine rings is 4. The average Bonchev–Trinajstić information content (AvgIpc) is 1.64. The van der Waals surface area contributed by atoms with Crippen LogP contribution in [0.15, 0.2) is 97.1 Å². The third-order valence-electron chi connectivity index (χ3n) is 18.2. The molecule has 10 fully saturated rings. The van der Waals surface area contributed by atoms with E-state index in [1.54, 1.807) is 107 Å². The molecule has 2 N–H and O–H groups in total. The Balaban J connectivity index is 0.000000315. The third-order valence-corrected chi connectivity index (χ3v) is 92.2. The van der Waals surface area contributed by atoms with Crippen molar-refractivity contribution in [1.29, 1.82) is 0 Å². The minimum Gasteiger partial charge on any atom is -0.462 e. The number of carbonyl (C=O) groups excluding carboxylic acids is 2. The number of anilines is 3. The summed E-state index contributed by atoms with van der Waals surface area (Å²) in [6.45, 7) is 24.3. The van der Waals surface area contributed by atoms with Crippen LogP contribution in [0.4, 0.5) is 21.9 Å². The van der Waals surface area contributed by atoms with Gasteiger partial charge in [-0.25, -0.2) is 4.79 Å². The quantitative estimate of drug-likeness (QED) is 0.108. The van der Waals surface area contributed by atoms with Crippen LogP contribution < -0.4 is 25.3 Å². The number of hydrogen-bond acceptors (Lipinski definition) is 15. The second kappa shape index (κ2) is 70.6. The van der Waals surface area contributed by atoms with Crippen molar-refractivity contribution in [2.75, 3.05) is 93.5 Å². The molecule has 14 rings (SSSR count). The van der Waals surface area contributed by atoms with Crippen LogP contribution in [0, 0.1) is 26.6 Å². The van der Waals surface area contributed by atoms with Crippen molar-refractivity contribution in [1.82, 2.24) is 25.3 Å². The lowest BCUT2D eigenvalue weighted by molar-refractivity contribution is -0.138. The molecule has 698 valence electrons. The largest absolute Gasteiger partial charge is 0.462 e. The van der Waals surface area contributed by atoms with Gasteiger partial charge in [-0.05, 0) is 280 Å². The summed E-state index contributed by atoms with van der Waals surface area (Å²) in [7, 11) is 58.2. The lowest BCUT2D eigenvalue weighted by Crippen LogP contribution is -2.62. The zero-order chi connectivity index (χ0) is 84.9. The summed E-state index contributed by atoms with van der Waals surface area (Å²) in [6.07, 6.45) is 15.6. The van der Waals surface area contributed by atoms with E-state index in [9.17, 15) is 9.59 Å². The molecule has 0 aromatic heterocycles. The smallest absolute Gasteiger partial charge is 0.410 e. The van der Waals surface area contributed by atoms with E-state index in [4.69, 9.17) is 43.0 Å². The van der Waals surface area contributed by atoms with E-state index in [2.05, 4.69) is 221 Å². The maximum absolute atomic E-state index is 12.0. The molecule has 10 aliphatic heterocycles. The summed E-state index contributed by atoms with van der Waals surface area (Å²) in [6, 6.07) is 41.1. The Morgan fingerprint density at radius 1 is 0.398 bits per heavy atom. The Bertz CT molecular complexity index is 5510. The lowest BCUT2D eigenvalue weighted by Gasteiger charge is -2.48. The van der Waals surface area contributed by atoms with Crippen molar-refractivity contribution in [2.24, 2.45) is 0 Å². The van der Waals surface area contributed by atoms with E-state index in [-0.39, 0.29) is 47.0 Å². The monoisotopic (exact) mass is 2780 g/mol. The molecule has 8 bridgehead atoms. The van der Waals surface area contributed by atoms with Gasteiger partial charge in [-0.3, -0.25) is 19.5 Å². The van der Waals surface area contributed by atoms with Crippen molar-refractivity contribution in [3.8, 4) is 12.3 Å². The van der Waals surface area contributed by atoms with Crippen molar-refractivity contribution in [2.45, 2.75) is 194 Å². The molecule has 0 aliphatic carbocycles. The van der Waals surface area contributed by atoms with Gasteiger partial charge in [-0.2, -0.15) is 0 Å². The summed E-state index contributed by atoms with van der Waals surface area (Å²) in [4.78, 5) is 36.6. The second-order valence-corrected chi connectivity index (χ2v) is 91.3. The highest BCUT2D eigenvalue weighted by Crippen LogP contribution is 2.38. The van der Waals surface area contributed by atoms with Gasteiger partial charge >= 0.3 is 6.09 Å². The first-order chi connectivity index (χ1) is 57.7. The van der Waals surface area contributed by atoms with E-state index in [1.165, 1.54) is 114 Å². The number of nitrogens with one attached hydrogen (secondary N) is 2. The van der Waals surface area contributed by atoms with E-state index < -0.39 is 0 Å². The van der Waals surface area contributed by atoms with Gasteiger partial charge in [0.1, 0.15) is 11.2 Å². The minimum atomic E-state index is -0.388. The highest BCUT2D eigenvalue weighted by Gasteiger charge is 2.47. The summed E-state index contributed by atoms with van der Waals surface area (Å²) >= 11 is 18.9.